The van der Waals surface area contributed by atoms with Gasteiger partial charge >= 0.3 is 5.97 Å². The molecule has 1 aromatic heterocycles. The van der Waals surface area contributed by atoms with Gasteiger partial charge in [0.25, 0.3) is 0 Å². The molecule has 0 saturated carbocycles. The number of aromatic nitrogens is 1. The van der Waals surface area contributed by atoms with Crippen LogP contribution in [0.2, 0.25) is 0 Å². The number of benzene rings is 1. The van der Waals surface area contributed by atoms with Gasteiger partial charge in [-0.1, -0.05) is 6.07 Å². The third kappa shape index (κ3) is 2.75. The lowest BCUT2D eigenvalue weighted by Crippen LogP contribution is -2.27. The quantitative estimate of drug-likeness (QED) is 0.908. The van der Waals surface area contributed by atoms with Crippen molar-refractivity contribution >= 4 is 16.9 Å². The van der Waals surface area contributed by atoms with Crippen molar-refractivity contribution in [2.24, 2.45) is 5.41 Å². The number of carboxylic acids is 1. The first-order valence-corrected chi connectivity index (χ1v) is 7.18. The van der Waals surface area contributed by atoms with Crippen molar-refractivity contribution in [3.63, 3.8) is 0 Å². The molecule has 2 rings (SSSR count). The molecule has 0 aliphatic rings. The van der Waals surface area contributed by atoms with Gasteiger partial charge in [-0.25, -0.2) is 0 Å². The molecule has 114 valence electrons. The fourth-order valence-corrected chi connectivity index (χ4v) is 2.73. The number of carboxylic acid groups (broad SMARTS) is 1. The standard InChI is InChI=1S/C17H23NO3/c1-11(2)18-12(10-17(3,4)16(19)20)9-13-14(18)7-6-8-15(13)21-5/h6-9,11H,10H2,1-5H3,(H,19,20). The molecule has 0 aliphatic heterocycles. The molecule has 0 amide bonds. The monoisotopic (exact) mass is 289 g/mol. The Morgan fingerprint density at radius 3 is 2.57 bits per heavy atom. The molecule has 4 nitrogen and oxygen atoms in total. The maximum atomic E-state index is 11.4. The predicted molar refractivity (Wildman–Crippen MR) is 84.0 cm³/mol. The lowest BCUT2D eigenvalue weighted by atomic mass is 9.88. The first-order chi connectivity index (χ1) is 9.77. The van der Waals surface area contributed by atoms with E-state index in [0.717, 1.165) is 22.3 Å². The molecule has 0 spiro atoms. The minimum Gasteiger partial charge on any atom is -0.496 e. The Kier molecular flexibility index (Phi) is 3.99. The number of methoxy groups -OCH3 is 1. The summed E-state index contributed by atoms with van der Waals surface area (Å²) in [5, 5.41) is 10.4. The number of nitrogens with zero attached hydrogens (tertiary/aromatic N) is 1. The van der Waals surface area contributed by atoms with Crippen molar-refractivity contribution < 1.29 is 14.6 Å². The van der Waals surface area contributed by atoms with E-state index in [0.29, 0.717) is 6.42 Å². The van der Waals surface area contributed by atoms with Crippen LogP contribution in [-0.4, -0.2) is 22.8 Å². The second-order valence-electron chi connectivity index (χ2n) is 6.36. The van der Waals surface area contributed by atoms with E-state index in [1.54, 1.807) is 21.0 Å². The summed E-state index contributed by atoms with van der Waals surface area (Å²) in [6.07, 6.45) is 0.484. The molecule has 2 aromatic rings. The fourth-order valence-electron chi connectivity index (χ4n) is 2.73. The molecule has 0 atom stereocenters. The summed E-state index contributed by atoms with van der Waals surface area (Å²) in [6.45, 7) is 7.73. The second kappa shape index (κ2) is 5.43. The Balaban J connectivity index is 2.63. The summed E-state index contributed by atoms with van der Waals surface area (Å²) in [5.41, 5.74) is 1.31. The first-order valence-electron chi connectivity index (χ1n) is 7.18. The third-order valence-corrected chi connectivity index (χ3v) is 3.86. The highest BCUT2D eigenvalue weighted by atomic mass is 16.5. The third-order valence-electron chi connectivity index (χ3n) is 3.86. The molecule has 0 bridgehead atoms. The van der Waals surface area contributed by atoms with E-state index in [2.05, 4.69) is 30.5 Å². The topological polar surface area (TPSA) is 51.5 Å². The van der Waals surface area contributed by atoms with Gasteiger partial charge < -0.3 is 14.4 Å². The van der Waals surface area contributed by atoms with Crippen LogP contribution in [0.1, 0.15) is 39.4 Å². The lowest BCUT2D eigenvalue weighted by Gasteiger charge is -2.22. The lowest BCUT2D eigenvalue weighted by molar-refractivity contribution is -0.146. The average Bonchev–Trinajstić information content (AvgIpc) is 2.75. The van der Waals surface area contributed by atoms with Gasteiger partial charge in [0.2, 0.25) is 0 Å². The van der Waals surface area contributed by atoms with E-state index < -0.39 is 11.4 Å². The molecule has 1 heterocycles. The molecule has 0 radical (unpaired) electrons. The Labute approximate surface area is 125 Å². The van der Waals surface area contributed by atoms with Crippen molar-refractivity contribution in [1.29, 1.82) is 0 Å². The molecule has 1 N–H and O–H groups in total. The van der Waals surface area contributed by atoms with Gasteiger partial charge in [0.15, 0.2) is 0 Å². The highest BCUT2D eigenvalue weighted by Crippen LogP contribution is 2.34. The Morgan fingerprint density at radius 1 is 1.38 bits per heavy atom. The van der Waals surface area contributed by atoms with E-state index in [1.807, 2.05) is 12.1 Å². The van der Waals surface area contributed by atoms with Crippen molar-refractivity contribution in [3.05, 3.63) is 30.0 Å². The first kappa shape index (κ1) is 15.4. The van der Waals surface area contributed by atoms with Crippen LogP contribution in [0.5, 0.6) is 5.75 Å². The van der Waals surface area contributed by atoms with Crippen LogP contribution in [0.25, 0.3) is 10.9 Å². The maximum Gasteiger partial charge on any atom is 0.309 e. The maximum absolute atomic E-state index is 11.4. The number of hydrogen-bond acceptors (Lipinski definition) is 2. The van der Waals surface area contributed by atoms with Crippen LogP contribution >= 0.6 is 0 Å². The van der Waals surface area contributed by atoms with E-state index in [1.165, 1.54) is 0 Å². The van der Waals surface area contributed by atoms with Gasteiger partial charge in [0.1, 0.15) is 5.75 Å². The molecular formula is C17H23NO3. The molecule has 21 heavy (non-hydrogen) atoms. The summed E-state index contributed by atoms with van der Waals surface area (Å²) < 4.78 is 7.62. The smallest absolute Gasteiger partial charge is 0.309 e. The minimum atomic E-state index is -0.797. The SMILES string of the molecule is COc1cccc2c1cc(CC(C)(C)C(=O)O)n2C(C)C. The molecule has 4 heteroatoms. The van der Waals surface area contributed by atoms with Crippen molar-refractivity contribution in [3.8, 4) is 5.75 Å². The van der Waals surface area contributed by atoms with E-state index >= 15 is 0 Å². The zero-order chi connectivity index (χ0) is 15.8. The van der Waals surface area contributed by atoms with E-state index in [-0.39, 0.29) is 6.04 Å². The molecule has 1 aromatic carbocycles. The van der Waals surface area contributed by atoms with Gasteiger partial charge in [-0.05, 0) is 45.9 Å². The molecule has 0 fully saturated rings. The van der Waals surface area contributed by atoms with Crippen molar-refractivity contribution in [2.45, 2.75) is 40.2 Å². The number of hydrogen-bond donors (Lipinski definition) is 1. The van der Waals surface area contributed by atoms with Gasteiger partial charge in [-0.15, -0.1) is 0 Å². The predicted octanol–water partition coefficient (Wildman–Crippen LogP) is 3.88. The van der Waals surface area contributed by atoms with E-state index in [4.69, 9.17) is 4.74 Å². The molecule has 0 unspecified atom stereocenters. The summed E-state index contributed by atoms with van der Waals surface area (Å²) >= 11 is 0. The van der Waals surface area contributed by atoms with Crippen LogP contribution in [-0.2, 0) is 11.2 Å². The Bertz CT molecular complexity index is 668. The van der Waals surface area contributed by atoms with Crippen molar-refractivity contribution in [2.75, 3.05) is 7.11 Å². The van der Waals surface area contributed by atoms with Crippen LogP contribution < -0.4 is 4.74 Å². The minimum absolute atomic E-state index is 0.259. The normalized spacial score (nSPS) is 12.1. The average molecular weight is 289 g/mol. The number of fused-ring (bicyclic) bond motifs is 1. The van der Waals surface area contributed by atoms with Crippen LogP contribution in [0.4, 0.5) is 0 Å². The summed E-state index contributed by atoms with van der Waals surface area (Å²) in [7, 11) is 1.66. The van der Waals surface area contributed by atoms with Gasteiger partial charge in [0.05, 0.1) is 18.0 Å². The van der Waals surface area contributed by atoms with Gasteiger partial charge in [-0.2, -0.15) is 0 Å². The second-order valence-corrected chi connectivity index (χ2v) is 6.36. The Hall–Kier alpha value is -1.97. The molecular weight excluding hydrogens is 266 g/mol. The summed E-state index contributed by atoms with van der Waals surface area (Å²) in [4.78, 5) is 11.4. The van der Waals surface area contributed by atoms with E-state index in [9.17, 15) is 9.90 Å². The highest BCUT2D eigenvalue weighted by Gasteiger charge is 2.29. The van der Waals surface area contributed by atoms with Crippen LogP contribution in [0.15, 0.2) is 24.3 Å². The van der Waals surface area contributed by atoms with Gasteiger partial charge in [-0.3, -0.25) is 4.79 Å². The number of rotatable bonds is 5. The fraction of sp³-hybridized carbons (Fsp3) is 0.471. The number of aliphatic carboxylic acids is 1. The van der Waals surface area contributed by atoms with Crippen molar-refractivity contribution in [1.82, 2.24) is 4.57 Å². The number of carbonyl (C=O) groups is 1. The zero-order valence-corrected chi connectivity index (χ0v) is 13.3. The molecule has 0 saturated heterocycles. The van der Waals surface area contributed by atoms with Crippen LogP contribution in [0, 0.1) is 5.41 Å². The largest absolute Gasteiger partial charge is 0.496 e. The zero-order valence-electron chi connectivity index (χ0n) is 13.3. The van der Waals surface area contributed by atoms with Gasteiger partial charge in [0, 0.05) is 23.5 Å². The van der Waals surface area contributed by atoms with Crippen LogP contribution in [0.3, 0.4) is 0 Å². The molecule has 0 aliphatic carbocycles. The number of ether oxygens (including phenoxy) is 1. The highest BCUT2D eigenvalue weighted by molar-refractivity contribution is 5.88. The summed E-state index contributed by atoms with van der Waals surface area (Å²) in [6, 6.07) is 8.26. The summed E-state index contributed by atoms with van der Waals surface area (Å²) in [5.74, 6) is 0.0382. The Morgan fingerprint density at radius 2 is 2.05 bits per heavy atom.